The molecule has 0 fully saturated rings. The van der Waals surface area contributed by atoms with Crippen LogP contribution >= 0.6 is 23.7 Å². The van der Waals surface area contributed by atoms with Crippen molar-refractivity contribution in [2.75, 3.05) is 5.32 Å². The van der Waals surface area contributed by atoms with E-state index in [2.05, 4.69) is 27.6 Å². The van der Waals surface area contributed by atoms with E-state index in [9.17, 15) is 0 Å². The maximum Gasteiger partial charge on any atom is 0.126 e. The Labute approximate surface area is 105 Å². The molecule has 1 N–H and O–H groups in total. The molecule has 0 atom stereocenters. The summed E-state index contributed by atoms with van der Waals surface area (Å²) >= 11 is 1.71. The molecule has 3 nitrogen and oxygen atoms in total. The van der Waals surface area contributed by atoms with E-state index < -0.39 is 0 Å². The Morgan fingerprint density at radius 1 is 1.38 bits per heavy atom. The van der Waals surface area contributed by atoms with Gasteiger partial charge in [-0.3, -0.25) is 0 Å². The molecule has 0 aromatic carbocycles. The minimum atomic E-state index is 0. The Morgan fingerprint density at radius 2 is 2.25 bits per heavy atom. The second-order valence-electron chi connectivity index (χ2n) is 3.15. The SMILES string of the molecule is CCc1nc(CNc2ccccn2)cs1.Cl. The summed E-state index contributed by atoms with van der Waals surface area (Å²) < 4.78 is 0. The monoisotopic (exact) mass is 255 g/mol. The van der Waals surface area contributed by atoms with Gasteiger partial charge in [0.2, 0.25) is 0 Å². The van der Waals surface area contributed by atoms with Gasteiger partial charge in [0.1, 0.15) is 5.82 Å². The van der Waals surface area contributed by atoms with Gasteiger partial charge in [-0.2, -0.15) is 0 Å². The highest BCUT2D eigenvalue weighted by Gasteiger charge is 1.99. The molecule has 2 rings (SSSR count). The van der Waals surface area contributed by atoms with Crippen LogP contribution in [0, 0.1) is 0 Å². The fraction of sp³-hybridized carbons (Fsp3) is 0.273. The van der Waals surface area contributed by atoms with Crippen LogP contribution in [-0.4, -0.2) is 9.97 Å². The normalized spacial score (nSPS) is 9.56. The first-order valence-corrected chi connectivity index (χ1v) is 5.84. The van der Waals surface area contributed by atoms with Gasteiger partial charge in [0, 0.05) is 11.6 Å². The van der Waals surface area contributed by atoms with Gasteiger partial charge in [-0.05, 0) is 18.6 Å². The van der Waals surface area contributed by atoms with Gasteiger partial charge in [0.05, 0.1) is 17.2 Å². The molecule has 16 heavy (non-hydrogen) atoms. The summed E-state index contributed by atoms with van der Waals surface area (Å²) in [5.41, 5.74) is 1.09. The molecule has 0 aliphatic carbocycles. The van der Waals surface area contributed by atoms with Crippen molar-refractivity contribution in [2.45, 2.75) is 19.9 Å². The first-order chi connectivity index (χ1) is 7.38. The average Bonchev–Trinajstić information content (AvgIpc) is 2.76. The van der Waals surface area contributed by atoms with E-state index in [1.807, 2.05) is 18.2 Å². The van der Waals surface area contributed by atoms with Gasteiger partial charge in [-0.15, -0.1) is 23.7 Å². The summed E-state index contributed by atoms with van der Waals surface area (Å²) in [5.74, 6) is 0.892. The van der Waals surface area contributed by atoms with Crippen LogP contribution in [0.15, 0.2) is 29.8 Å². The van der Waals surface area contributed by atoms with Gasteiger partial charge in [-0.1, -0.05) is 13.0 Å². The second kappa shape index (κ2) is 6.45. The van der Waals surface area contributed by atoms with Gasteiger partial charge < -0.3 is 5.32 Å². The number of pyridine rings is 1. The third-order valence-electron chi connectivity index (χ3n) is 2.02. The van der Waals surface area contributed by atoms with E-state index in [-0.39, 0.29) is 12.4 Å². The lowest BCUT2D eigenvalue weighted by Gasteiger charge is -2.01. The molecule has 2 aromatic rings. The lowest BCUT2D eigenvalue weighted by Crippen LogP contribution is -2.01. The van der Waals surface area contributed by atoms with Crippen LogP contribution in [0.5, 0.6) is 0 Å². The molecule has 0 aliphatic heterocycles. The number of hydrogen-bond donors (Lipinski definition) is 1. The number of nitrogens with zero attached hydrogens (tertiary/aromatic N) is 2. The van der Waals surface area contributed by atoms with Crippen molar-refractivity contribution in [3.8, 4) is 0 Å². The summed E-state index contributed by atoms with van der Waals surface area (Å²) in [6.07, 6.45) is 2.79. The van der Waals surface area contributed by atoms with Gasteiger partial charge in [-0.25, -0.2) is 9.97 Å². The van der Waals surface area contributed by atoms with Crippen LogP contribution in [0.3, 0.4) is 0 Å². The number of nitrogens with one attached hydrogen (secondary N) is 1. The highest BCUT2D eigenvalue weighted by atomic mass is 35.5. The van der Waals surface area contributed by atoms with E-state index in [1.54, 1.807) is 17.5 Å². The van der Waals surface area contributed by atoms with Crippen molar-refractivity contribution in [1.29, 1.82) is 0 Å². The maximum absolute atomic E-state index is 4.47. The molecular weight excluding hydrogens is 242 g/mol. The molecule has 0 spiro atoms. The van der Waals surface area contributed by atoms with Crippen molar-refractivity contribution in [2.24, 2.45) is 0 Å². The quantitative estimate of drug-likeness (QED) is 0.912. The molecule has 0 saturated carbocycles. The third-order valence-corrected chi connectivity index (χ3v) is 3.06. The summed E-state index contributed by atoms with van der Waals surface area (Å²) in [7, 11) is 0. The smallest absolute Gasteiger partial charge is 0.126 e. The molecule has 0 amide bonds. The Hall–Kier alpha value is -1.13. The Balaban J connectivity index is 0.00000128. The first-order valence-electron chi connectivity index (χ1n) is 4.96. The minimum Gasteiger partial charge on any atom is -0.364 e. The predicted octanol–water partition coefficient (Wildman–Crippen LogP) is 3.13. The van der Waals surface area contributed by atoms with Crippen molar-refractivity contribution >= 4 is 29.6 Å². The number of halogens is 1. The minimum absolute atomic E-state index is 0. The molecule has 0 radical (unpaired) electrons. The fourth-order valence-corrected chi connectivity index (χ4v) is 1.99. The number of thiazole rings is 1. The van der Waals surface area contributed by atoms with Crippen LogP contribution < -0.4 is 5.32 Å². The highest BCUT2D eigenvalue weighted by Crippen LogP contribution is 2.11. The van der Waals surface area contributed by atoms with E-state index in [1.165, 1.54) is 5.01 Å². The topological polar surface area (TPSA) is 37.8 Å². The second-order valence-corrected chi connectivity index (χ2v) is 4.10. The molecule has 2 heterocycles. The molecule has 0 bridgehead atoms. The fourth-order valence-electron chi connectivity index (χ4n) is 1.24. The molecular formula is C11H14ClN3S. The zero-order valence-electron chi connectivity index (χ0n) is 9.01. The van der Waals surface area contributed by atoms with Crippen molar-refractivity contribution in [1.82, 2.24) is 9.97 Å². The summed E-state index contributed by atoms with van der Waals surface area (Å²) in [6.45, 7) is 2.86. The van der Waals surface area contributed by atoms with Crippen LogP contribution in [0.1, 0.15) is 17.6 Å². The van der Waals surface area contributed by atoms with E-state index in [0.29, 0.717) is 0 Å². The summed E-state index contributed by atoms with van der Waals surface area (Å²) in [4.78, 5) is 8.66. The maximum atomic E-state index is 4.47. The van der Waals surface area contributed by atoms with E-state index >= 15 is 0 Å². The van der Waals surface area contributed by atoms with Crippen LogP contribution in [0.4, 0.5) is 5.82 Å². The van der Waals surface area contributed by atoms with Crippen LogP contribution in [0.2, 0.25) is 0 Å². The molecule has 2 aromatic heterocycles. The lowest BCUT2D eigenvalue weighted by atomic mass is 10.4. The predicted molar refractivity (Wildman–Crippen MR) is 70.3 cm³/mol. The van der Waals surface area contributed by atoms with Crippen LogP contribution in [0.25, 0.3) is 0 Å². The standard InChI is InChI=1S/C11H13N3S.ClH/c1-2-11-14-9(8-15-11)7-13-10-5-3-4-6-12-10;/h3-6,8H,2,7H2,1H3,(H,12,13);1H. The van der Waals surface area contributed by atoms with Crippen molar-refractivity contribution in [3.63, 3.8) is 0 Å². The number of aromatic nitrogens is 2. The Bertz CT molecular complexity index is 416. The van der Waals surface area contributed by atoms with Crippen molar-refractivity contribution < 1.29 is 0 Å². The zero-order chi connectivity index (χ0) is 10.5. The van der Waals surface area contributed by atoms with Gasteiger partial charge in [0.15, 0.2) is 0 Å². The molecule has 5 heteroatoms. The van der Waals surface area contributed by atoms with Crippen molar-refractivity contribution in [3.05, 3.63) is 40.5 Å². The third kappa shape index (κ3) is 3.47. The molecule has 0 aliphatic rings. The largest absolute Gasteiger partial charge is 0.364 e. The lowest BCUT2D eigenvalue weighted by molar-refractivity contribution is 1.00. The number of hydrogen-bond acceptors (Lipinski definition) is 4. The van der Waals surface area contributed by atoms with E-state index in [4.69, 9.17) is 0 Å². The summed E-state index contributed by atoms with van der Waals surface area (Å²) in [6, 6.07) is 5.82. The molecule has 86 valence electrons. The first kappa shape index (κ1) is 12.9. The Morgan fingerprint density at radius 3 is 2.88 bits per heavy atom. The van der Waals surface area contributed by atoms with Gasteiger partial charge >= 0.3 is 0 Å². The number of anilines is 1. The van der Waals surface area contributed by atoms with Gasteiger partial charge in [0.25, 0.3) is 0 Å². The average molecular weight is 256 g/mol. The number of rotatable bonds is 4. The van der Waals surface area contributed by atoms with Crippen LogP contribution in [-0.2, 0) is 13.0 Å². The zero-order valence-corrected chi connectivity index (χ0v) is 10.6. The highest BCUT2D eigenvalue weighted by molar-refractivity contribution is 7.09. The number of aryl methyl sites for hydroxylation is 1. The molecule has 0 unspecified atom stereocenters. The molecule has 0 saturated heterocycles. The van der Waals surface area contributed by atoms with E-state index in [0.717, 1.165) is 24.5 Å². The summed E-state index contributed by atoms with van der Waals surface area (Å²) in [5, 5.41) is 6.51. The Kier molecular flexibility index (Phi) is 5.22.